The van der Waals surface area contributed by atoms with Crippen molar-refractivity contribution in [3.8, 4) is 0 Å². The smallest absolute Gasteiger partial charge is 0.272 e. The van der Waals surface area contributed by atoms with Crippen LogP contribution in [0.3, 0.4) is 0 Å². The van der Waals surface area contributed by atoms with Gasteiger partial charge in [-0.25, -0.2) is 4.39 Å². The summed E-state index contributed by atoms with van der Waals surface area (Å²) in [6.45, 7) is 0. The van der Waals surface area contributed by atoms with E-state index in [2.05, 4.69) is 10.9 Å². The molecule has 4 aliphatic carbocycles. The third-order valence-electron chi connectivity index (χ3n) is 6.12. The fraction of sp³-hybridized carbons (Fsp3) is 0.579. The van der Waals surface area contributed by atoms with Gasteiger partial charge in [-0.05, 0) is 67.9 Å². The van der Waals surface area contributed by atoms with E-state index in [0.29, 0.717) is 24.7 Å². The predicted molar refractivity (Wildman–Crippen MR) is 88.7 cm³/mol. The van der Waals surface area contributed by atoms with Gasteiger partial charge in [0.15, 0.2) is 0 Å². The highest BCUT2D eigenvalue weighted by atomic mass is 19.1. The number of carbonyl (C=O) groups is 2. The Morgan fingerprint density at radius 3 is 2.44 bits per heavy atom. The normalized spacial score (nSPS) is 35.4. The van der Waals surface area contributed by atoms with Crippen LogP contribution < -0.4 is 10.9 Å². The Morgan fingerprint density at radius 2 is 1.80 bits per heavy atom. The Bertz CT molecular complexity index is 706. The summed E-state index contributed by atoms with van der Waals surface area (Å²) in [7, 11) is 0. The van der Waals surface area contributed by atoms with E-state index in [1.165, 1.54) is 18.2 Å². The molecular weight excluding hydrogens is 323 g/mol. The zero-order valence-corrected chi connectivity index (χ0v) is 14.1. The molecular formula is C19H23FN2O3. The molecule has 0 aliphatic heterocycles. The highest BCUT2D eigenvalue weighted by molar-refractivity contribution is 5.95. The second kappa shape index (κ2) is 5.80. The number of rotatable bonds is 3. The molecule has 4 fully saturated rings. The van der Waals surface area contributed by atoms with Crippen LogP contribution in [0.4, 0.5) is 4.39 Å². The third-order valence-corrected chi connectivity index (χ3v) is 6.12. The molecule has 2 amide bonds. The summed E-state index contributed by atoms with van der Waals surface area (Å²) in [6, 6.07) is 5.64. The highest BCUT2D eigenvalue weighted by Crippen LogP contribution is 2.62. The van der Waals surface area contributed by atoms with Gasteiger partial charge in [-0.2, -0.15) is 0 Å². The molecule has 4 aliphatic rings. The molecule has 0 spiro atoms. The van der Waals surface area contributed by atoms with E-state index in [9.17, 15) is 19.1 Å². The lowest BCUT2D eigenvalue weighted by Crippen LogP contribution is -2.57. The summed E-state index contributed by atoms with van der Waals surface area (Å²) in [5.74, 6) is -0.567. The van der Waals surface area contributed by atoms with Gasteiger partial charge < -0.3 is 5.11 Å². The number of hydrogen-bond donors (Lipinski definition) is 3. The van der Waals surface area contributed by atoms with Gasteiger partial charge in [0.1, 0.15) is 5.82 Å². The molecule has 1 aromatic carbocycles. The van der Waals surface area contributed by atoms with Gasteiger partial charge >= 0.3 is 0 Å². The van der Waals surface area contributed by atoms with Crippen LogP contribution >= 0.6 is 0 Å². The van der Waals surface area contributed by atoms with E-state index in [1.807, 2.05) is 0 Å². The molecule has 0 radical (unpaired) electrons. The summed E-state index contributed by atoms with van der Waals surface area (Å²) >= 11 is 0. The molecule has 5 rings (SSSR count). The number of benzene rings is 1. The summed E-state index contributed by atoms with van der Waals surface area (Å²) in [5.41, 5.74) is 3.82. The zero-order valence-electron chi connectivity index (χ0n) is 14.1. The molecule has 0 saturated heterocycles. The predicted octanol–water partition coefficient (Wildman–Crippen LogP) is 2.31. The second-order valence-corrected chi connectivity index (χ2v) is 8.34. The lowest BCUT2D eigenvalue weighted by Gasteiger charge is -2.60. The molecule has 6 heteroatoms. The molecule has 2 unspecified atom stereocenters. The molecule has 5 nitrogen and oxygen atoms in total. The number of carbonyl (C=O) groups excluding carboxylic acids is 2. The van der Waals surface area contributed by atoms with Gasteiger partial charge in [0.25, 0.3) is 5.91 Å². The lowest BCUT2D eigenvalue weighted by atomic mass is 9.47. The zero-order chi connectivity index (χ0) is 17.7. The van der Waals surface area contributed by atoms with Gasteiger partial charge in [0.05, 0.1) is 11.2 Å². The number of nitrogens with one attached hydrogen (secondary N) is 2. The van der Waals surface area contributed by atoms with Crippen LogP contribution in [0, 0.1) is 23.1 Å². The first-order valence-corrected chi connectivity index (χ1v) is 8.93. The molecule has 4 atom stereocenters. The van der Waals surface area contributed by atoms with Crippen molar-refractivity contribution in [2.24, 2.45) is 17.3 Å². The maximum Gasteiger partial charge on any atom is 0.272 e. The third kappa shape index (κ3) is 3.15. The van der Waals surface area contributed by atoms with Crippen LogP contribution in [0.5, 0.6) is 0 Å². The van der Waals surface area contributed by atoms with Crippen molar-refractivity contribution in [1.82, 2.24) is 10.9 Å². The van der Waals surface area contributed by atoms with Crippen LogP contribution in [-0.2, 0) is 4.79 Å². The summed E-state index contributed by atoms with van der Waals surface area (Å²) in [6.07, 6.45) is 5.78. The van der Waals surface area contributed by atoms with Crippen molar-refractivity contribution in [3.63, 3.8) is 0 Å². The lowest BCUT2D eigenvalue weighted by molar-refractivity contribution is -0.169. The number of amides is 2. The van der Waals surface area contributed by atoms with Crippen molar-refractivity contribution >= 4 is 11.8 Å². The first-order chi connectivity index (χ1) is 11.9. The van der Waals surface area contributed by atoms with Crippen LogP contribution in [0.25, 0.3) is 0 Å². The van der Waals surface area contributed by atoms with Gasteiger partial charge in [-0.3, -0.25) is 20.4 Å². The van der Waals surface area contributed by atoms with Gasteiger partial charge in [-0.1, -0.05) is 12.1 Å². The SMILES string of the molecule is O=C(CC12C[C@@H]3C[C@@H](CC(O)(C3)C1)C2)NNC(=O)c1ccccc1F. The van der Waals surface area contributed by atoms with Crippen molar-refractivity contribution in [3.05, 3.63) is 35.6 Å². The van der Waals surface area contributed by atoms with Crippen molar-refractivity contribution in [2.45, 2.75) is 50.5 Å². The minimum absolute atomic E-state index is 0.105. The summed E-state index contributed by atoms with van der Waals surface area (Å²) in [5, 5.41) is 10.7. The second-order valence-electron chi connectivity index (χ2n) is 8.34. The van der Waals surface area contributed by atoms with Crippen molar-refractivity contribution in [2.75, 3.05) is 0 Å². The standard InChI is InChI=1S/C19H23FN2O3/c20-15-4-2-1-3-14(15)17(24)22-21-16(23)10-18-6-12-5-13(7-18)9-19(25,8-12)11-18/h1-4,12-13,25H,5-11H2,(H,21,23)(H,22,24)/t12-,13+,18?,19?. The van der Waals surface area contributed by atoms with E-state index in [1.54, 1.807) is 6.07 Å². The summed E-state index contributed by atoms with van der Waals surface area (Å²) in [4.78, 5) is 24.3. The number of aliphatic hydroxyl groups is 1. The summed E-state index contributed by atoms with van der Waals surface area (Å²) < 4.78 is 13.6. The number of hydrogen-bond acceptors (Lipinski definition) is 3. The molecule has 3 N–H and O–H groups in total. The maximum absolute atomic E-state index is 13.6. The van der Waals surface area contributed by atoms with Crippen LogP contribution in [-0.4, -0.2) is 22.5 Å². The molecule has 0 heterocycles. The number of hydrazine groups is 1. The van der Waals surface area contributed by atoms with Crippen molar-refractivity contribution in [1.29, 1.82) is 0 Å². The Balaban J connectivity index is 1.37. The minimum Gasteiger partial charge on any atom is -0.390 e. The average molecular weight is 346 g/mol. The van der Waals surface area contributed by atoms with Crippen LogP contribution in [0.15, 0.2) is 24.3 Å². The molecule has 1 aromatic rings. The first-order valence-electron chi connectivity index (χ1n) is 8.93. The minimum atomic E-state index is -0.671. The molecule has 4 saturated carbocycles. The van der Waals surface area contributed by atoms with Crippen LogP contribution in [0.1, 0.15) is 55.3 Å². The van der Waals surface area contributed by atoms with Gasteiger partial charge in [0.2, 0.25) is 5.91 Å². The fourth-order valence-electron chi connectivity index (χ4n) is 5.83. The van der Waals surface area contributed by atoms with E-state index in [0.717, 1.165) is 32.1 Å². The first kappa shape index (κ1) is 16.5. The number of halogens is 1. The quantitative estimate of drug-likeness (QED) is 0.735. The van der Waals surface area contributed by atoms with E-state index >= 15 is 0 Å². The monoisotopic (exact) mass is 346 g/mol. The Kier molecular flexibility index (Phi) is 3.83. The Morgan fingerprint density at radius 1 is 1.12 bits per heavy atom. The molecule has 0 aromatic heterocycles. The van der Waals surface area contributed by atoms with E-state index < -0.39 is 17.3 Å². The van der Waals surface area contributed by atoms with Gasteiger partial charge in [0, 0.05) is 6.42 Å². The highest BCUT2D eigenvalue weighted by Gasteiger charge is 2.57. The van der Waals surface area contributed by atoms with Gasteiger partial charge in [-0.15, -0.1) is 0 Å². The van der Waals surface area contributed by atoms with Crippen molar-refractivity contribution < 1.29 is 19.1 Å². The topological polar surface area (TPSA) is 78.4 Å². The molecule has 4 bridgehead atoms. The molecule has 134 valence electrons. The Labute approximate surface area is 146 Å². The van der Waals surface area contributed by atoms with E-state index in [-0.39, 0.29) is 16.9 Å². The van der Waals surface area contributed by atoms with Crippen LogP contribution in [0.2, 0.25) is 0 Å². The van der Waals surface area contributed by atoms with E-state index in [4.69, 9.17) is 0 Å². The maximum atomic E-state index is 13.6. The largest absolute Gasteiger partial charge is 0.390 e. The fourth-order valence-corrected chi connectivity index (χ4v) is 5.83. The Hall–Kier alpha value is -1.95. The average Bonchev–Trinajstić information content (AvgIpc) is 2.50. The molecule has 25 heavy (non-hydrogen) atoms.